The molecule has 1 aliphatic heterocycles. The third-order valence-electron chi connectivity index (χ3n) is 4.01. The van der Waals surface area contributed by atoms with E-state index < -0.39 is 5.60 Å². The van der Waals surface area contributed by atoms with Gasteiger partial charge in [0.2, 0.25) is 0 Å². The molecule has 128 valence electrons. The number of hydrogen-bond donors (Lipinski definition) is 1. The van der Waals surface area contributed by atoms with Gasteiger partial charge in [-0.1, -0.05) is 12.1 Å². The van der Waals surface area contributed by atoms with Gasteiger partial charge < -0.3 is 14.7 Å². The monoisotopic (exact) mass is 320 g/mol. The lowest BCUT2D eigenvalue weighted by atomic mass is 9.93. The van der Waals surface area contributed by atoms with E-state index in [1.54, 1.807) is 0 Å². The Morgan fingerprint density at radius 2 is 1.91 bits per heavy atom. The van der Waals surface area contributed by atoms with Crippen LogP contribution in [0.15, 0.2) is 18.2 Å². The first kappa shape index (κ1) is 18.1. The molecule has 0 unspecified atom stereocenters. The van der Waals surface area contributed by atoms with Crippen LogP contribution in [0.4, 0.5) is 0 Å². The Morgan fingerprint density at radius 3 is 2.48 bits per heavy atom. The van der Waals surface area contributed by atoms with Crippen molar-refractivity contribution in [3.63, 3.8) is 0 Å². The minimum Gasteiger partial charge on any atom is -0.382 e. The maximum atomic E-state index is 12.4. The van der Waals surface area contributed by atoms with E-state index in [0.717, 1.165) is 45.0 Å². The number of carbonyl (C=O) groups excluding carboxylic acids is 1. The first-order valence-corrected chi connectivity index (χ1v) is 8.11. The quantitative estimate of drug-likeness (QED) is 0.806. The number of nitrogens with zero attached hydrogens (tertiary/aromatic N) is 2. The van der Waals surface area contributed by atoms with Gasteiger partial charge in [-0.25, -0.2) is 0 Å². The zero-order valence-corrected chi connectivity index (χ0v) is 14.6. The van der Waals surface area contributed by atoms with Crippen LogP contribution in [0.1, 0.15) is 35.3 Å². The summed E-state index contributed by atoms with van der Waals surface area (Å²) in [7, 11) is 4.07. The molecule has 5 nitrogen and oxygen atoms in total. The fourth-order valence-electron chi connectivity index (χ4n) is 2.76. The summed E-state index contributed by atoms with van der Waals surface area (Å²) >= 11 is 0. The summed E-state index contributed by atoms with van der Waals surface area (Å²) in [6, 6.07) is 5.77. The summed E-state index contributed by atoms with van der Waals surface area (Å²) < 4.78 is 5.40. The Bertz CT molecular complexity index is 544. The van der Waals surface area contributed by atoms with Gasteiger partial charge in [0.05, 0.1) is 13.2 Å². The molecule has 0 saturated carbocycles. The molecule has 0 aromatic heterocycles. The van der Waals surface area contributed by atoms with Crippen LogP contribution in [0.25, 0.3) is 0 Å². The molecular formula is C18H28N2O3. The second-order valence-corrected chi connectivity index (χ2v) is 7.00. The Morgan fingerprint density at radius 1 is 1.26 bits per heavy atom. The molecule has 1 aromatic carbocycles. The van der Waals surface area contributed by atoms with Crippen LogP contribution in [-0.4, -0.2) is 66.7 Å². The van der Waals surface area contributed by atoms with Gasteiger partial charge in [0, 0.05) is 31.7 Å². The predicted molar refractivity (Wildman–Crippen MR) is 90.6 cm³/mol. The number of Topliss-reactive ketones (excluding diaryl/α,β-unsaturated/α-hetero) is 1. The van der Waals surface area contributed by atoms with Gasteiger partial charge in [0.1, 0.15) is 5.60 Å². The van der Waals surface area contributed by atoms with Crippen LogP contribution < -0.4 is 0 Å². The number of ketones is 1. The number of hydrogen-bond acceptors (Lipinski definition) is 5. The molecule has 0 aliphatic carbocycles. The van der Waals surface area contributed by atoms with Crippen molar-refractivity contribution in [2.24, 2.45) is 0 Å². The number of benzene rings is 1. The second-order valence-electron chi connectivity index (χ2n) is 7.00. The SMILES string of the molecule is CN(C)Cc1ccc(C(=O)C(C)(C)O)cc1CN1CCOCC1. The standard InChI is InChI=1S/C18H28N2O3/c1-18(2,22)17(21)14-5-6-15(12-19(3)4)16(11-14)13-20-7-9-23-10-8-20/h5-6,11,22H,7-10,12-13H2,1-4H3. The van der Waals surface area contributed by atoms with Gasteiger partial charge in [-0.15, -0.1) is 0 Å². The highest BCUT2D eigenvalue weighted by Crippen LogP contribution is 2.20. The van der Waals surface area contributed by atoms with Crippen LogP contribution in [0, 0.1) is 0 Å². The Hall–Kier alpha value is -1.27. The molecule has 0 atom stereocenters. The molecule has 0 radical (unpaired) electrons. The van der Waals surface area contributed by atoms with Gasteiger partial charge >= 0.3 is 0 Å². The third-order valence-corrected chi connectivity index (χ3v) is 4.01. The highest BCUT2D eigenvalue weighted by atomic mass is 16.5. The van der Waals surface area contributed by atoms with Crippen LogP contribution >= 0.6 is 0 Å². The largest absolute Gasteiger partial charge is 0.382 e. The third kappa shape index (κ3) is 5.11. The molecule has 5 heteroatoms. The number of aliphatic hydroxyl groups is 1. The van der Waals surface area contributed by atoms with Crippen molar-refractivity contribution in [1.29, 1.82) is 0 Å². The summed E-state index contributed by atoms with van der Waals surface area (Å²) in [5.41, 5.74) is 1.59. The average Bonchev–Trinajstić information content (AvgIpc) is 2.48. The molecule has 1 fully saturated rings. The summed E-state index contributed by atoms with van der Waals surface area (Å²) in [5, 5.41) is 9.98. The first-order chi connectivity index (χ1) is 10.8. The number of rotatable bonds is 6. The molecular weight excluding hydrogens is 292 g/mol. The highest BCUT2D eigenvalue weighted by Gasteiger charge is 2.26. The first-order valence-electron chi connectivity index (χ1n) is 8.11. The maximum Gasteiger partial charge on any atom is 0.193 e. The number of carbonyl (C=O) groups is 1. The van der Waals surface area contributed by atoms with Gasteiger partial charge in [0.25, 0.3) is 0 Å². The molecule has 0 spiro atoms. The minimum absolute atomic E-state index is 0.239. The van der Waals surface area contributed by atoms with E-state index in [-0.39, 0.29) is 5.78 Å². The van der Waals surface area contributed by atoms with E-state index in [0.29, 0.717) is 5.56 Å². The summed E-state index contributed by atoms with van der Waals surface area (Å²) in [5.74, 6) is -0.239. The lowest BCUT2D eigenvalue weighted by molar-refractivity contribution is 0.0339. The fourth-order valence-corrected chi connectivity index (χ4v) is 2.76. The van der Waals surface area contributed by atoms with E-state index in [1.165, 1.54) is 19.4 Å². The molecule has 23 heavy (non-hydrogen) atoms. The summed E-state index contributed by atoms with van der Waals surface area (Å²) in [6.07, 6.45) is 0. The van der Waals surface area contributed by atoms with Crippen LogP contribution in [-0.2, 0) is 17.8 Å². The maximum absolute atomic E-state index is 12.4. The number of ether oxygens (including phenoxy) is 1. The normalized spacial score (nSPS) is 16.8. The Balaban J connectivity index is 2.27. The van der Waals surface area contributed by atoms with Crippen molar-refractivity contribution >= 4 is 5.78 Å². The molecule has 2 rings (SSSR count). The lowest BCUT2D eigenvalue weighted by Crippen LogP contribution is -2.36. The zero-order chi connectivity index (χ0) is 17.0. The molecule has 1 aliphatic rings. The average molecular weight is 320 g/mol. The van der Waals surface area contributed by atoms with E-state index in [1.807, 2.05) is 32.3 Å². The van der Waals surface area contributed by atoms with E-state index in [2.05, 4.69) is 9.80 Å². The smallest absolute Gasteiger partial charge is 0.193 e. The van der Waals surface area contributed by atoms with Crippen molar-refractivity contribution in [2.75, 3.05) is 40.4 Å². The van der Waals surface area contributed by atoms with Crippen molar-refractivity contribution in [2.45, 2.75) is 32.5 Å². The van der Waals surface area contributed by atoms with E-state index in [9.17, 15) is 9.90 Å². The predicted octanol–water partition coefficient (Wildman–Crippen LogP) is 1.53. The van der Waals surface area contributed by atoms with E-state index >= 15 is 0 Å². The molecule has 1 heterocycles. The molecule has 1 N–H and O–H groups in total. The fraction of sp³-hybridized carbons (Fsp3) is 0.611. The lowest BCUT2D eigenvalue weighted by Gasteiger charge is -2.28. The van der Waals surface area contributed by atoms with Crippen molar-refractivity contribution < 1.29 is 14.6 Å². The van der Waals surface area contributed by atoms with Crippen molar-refractivity contribution in [3.05, 3.63) is 34.9 Å². The minimum atomic E-state index is -1.35. The molecule has 1 aromatic rings. The van der Waals surface area contributed by atoms with Crippen LogP contribution in [0.3, 0.4) is 0 Å². The molecule has 1 saturated heterocycles. The van der Waals surface area contributed by atoms with Gasteiger partial charge in [0.15, 0.2) is 5.78 Å². The summed E-state index contributed by atoms with van der Waals surface area (Å²) in [4.78, 5) is 16.8. The molecule has 0 bridgehead atoms. The van der Waals surface area contributed by atoms with Crippen LogP contribution in [0.5, 0.6) is 0 Å². The molecule has 0 amide bonds. The second kappa shape index (κ2) is 7.53. The highest BCUT2D eigenvalue weighted by molar-refractivity contribution is 6.01. The number of morpholine rings is 1. The van der Waals surface area contributed by atoms with E-state index in [4.69, 9.17) is 4.74 Å². The van der Waals surface area contributed by atoms with Crippen molar-refractivity contribution in [1.82, 2.24) is 9.80 Å². The van der Waals surface area contributed by atoms with Gasteiger partial charge in [-0.05, 0) is 45.1 Å². The van der Waals surface area contributed by atoms with Crippen LogP contribution in [0.2, 0.25) is 0 Å². The topological polar surface area (TPSA) is 53.0 Å². The zero-order valence-electron chi connectivity index (χ0n) is 14.6. The Kier molecular flexibility index (Phi) is 5.92. The van der Waals surface area contributed by atoms with Crippen molar-refractivity contribution in [3.8, 4) is 0 Å². The van der Waals surface area contributed by atoms with Gasteiger partial charge in [-0.2, -0.15) is 0 Å². The Labute approximate surface area is 138 Å². The summed E-state index contributed by atoms with van der Waals surface area (Å²) in [6.45, 7) is 8.03. The van der Waals surface area contributed by atoms with Gasteiger partial charge in [-0.3, -0.25) is 9.69 Å².